The summed E-state index contributed by atoms with van der Waals surface area (Å²) in [6.07, 6.45) is 4.56. The second-order valence-electron chi connectivity index (χ2n) is 3.89. The van der Waals surface area contributed by atoms with Crippen LogP contribution in [-0.2, 0) is 9.59 Å². The number of nitrogens with zero attached hydrogens (tertiary/aromatic N) is 1. The van der Waals surface area contributed by atoms with E-state index in [4.69, 9.17) is 5.11 Å². The number of carboxylic acids is 2. The van der Waals surface area contributed by atoms with Crippen molar-refractivity contribution in [2.75, 3.05) is 26.2 Å². The van der Waals surface area contributed by atoms with E-state index in [1.807, 2.05) is 0 Å². The van der Waals surface area contributed by atoms with E-state index in [2.05, 4.69) is 27.7 Å². The first kappa shape index (κ1) is 28.8. The zero-order chi connectivity index (χ0) is 16.4. The molecule has 0 radical (unpaired) electrons. The molecule has 0 atom stereocenters. The van der Waals surface area contributed by atoms with Crippen LogP contribution in [0.3, 0.4) is 0 Å². The minimum Gasteiger partial charge on any atom is -0.549 e. The van der Waals surface area contributed by atoms with E-state index in [9.17, 15) is 19.8 Å². The van der Waals surface area contributed by atoms with Crippen molar-refractivity contribution in [3.63, 3.8) is 0 Å². The van der Waals surface area contributed by atoms with Crippen molar-refractivity contribution in [3.05, 3.63) is 13.8 Å². The Labute approximate surface area is 145 Å². The second kappa shape index (κ2) is 24.7. The van der Waals surface area contributed by atoms with Gasteiger partial charge in [-0.1, -0.05) is 26.7 Å². The van der Waals surface area contributed by atoms with Gasteiger partial charge < -0.3 is 38.8 Å². The number of carboxylic acid groups (broad SMARTS) is 2. The van der Waals surface area contributed by atoms with E-state index in [1.54, 1.807) is 0 Å². The van der Waals surface area contributed by atoms with E-state index in [0.717, 1.165) is 17.7 Å². The SMILES string of the molecule is O=C([O-])CN(CCO)CC(=O)[O-].[CH2-]CCC.[CH2-]CCC.[Sn+4]. The maximum Gasteiger partial charge on any atom is 4.00 e. The Balaban J connectivity index is -0.000000134. The summed E-state index contributed by atoms with van der Waals surface area (Å²) < 4.78 is 0. The van der Waals surface area contributed by atoms with E-state index < -0.39 is 25.0 Å². The predicted molar refractivity (Wildman–Crippen MR) is 79.8 cm³/mol. The number of hydrogen-bond donors (Lipinski definition) is 1. The molecular formula is C14H27NO5Sn. The molecule has 0 amide bonds. The number of unbranched alkanes of at least 4 members (excludes halogenated alkanes) is 2. The van der Waals surface area contributed by atoms with Gasteiger partial charge >= 0.3 is 23.9 Å². The molecule has 0 aliphatic rings. The minimum absolute atomic E-state index is 0. The molecule has 0 aliphatic heterocycles. The van der Waals surface area contributed by atoms with Gasteiger partial charge in [0.1, 0.15) is 0 Å². The molecule has 6 nitrogen and oxygen atoms in total. The topological polar surface area (TPSA) is 104 Å². The van der Waals surface area contributed by atoms with Crippen LogP contribution in [0.5, 0.6) is 0 Å². The number of aliphatic hydroxyl groups excluding tert-OH is 1. The van der Waals surface area contributed by atoms with Crippen molar-refractivity contribution in [2.45, 2.75) is 39.5 Å². The second-order valence-corrected chi connectivity index (χ2v) is 3.89. The number of hydrogen-bond acceptors (Lipinski definition) is 6. The summed E-state index contributed by atoms with van der Waals surface area (Å²) in [5, 5.41) is 28.4. The maximum atomic E-state index is 10.0. The molecular weight excluding hydrogens is 381 g/mol. The van der Waals surface area contributed by atoms with Crippen molar-refractivity contribution in [1.82, 2.24) is 4.90 Å². The summed E-state index contributed by atoms with van der Waals surface area (Å²) in [7, 11) is 0. The first-order valence-corrected chi connectivity index (χ1v) is 6.70. The Morgan fingerprint density at radius 1 is 1.00 bits per heavy atom. The molecule has 0 bridgehead atoms. The monoisotopic (exact) mass is 409 g/mol. The van der Waals surface area contributed by atoms with Gasteiger partial charge in [-0.3, -0.25) is 4.90 Å². The Hall–Kier alpha value is -0.341. The number of carbonyl (C=O) groups is 2. The number of aliphatic hydroxyl groups is 1. The van der Waals surface area contributed by atoms with Crippen LogP contribution < -0.4 is 10.2 Å². The smallest absolute Gasteiger partial charge is 0.549 e. The zero-order valence-corrected chi connectivity index (χ0v) is 16.0. The molecule has 0 spiro atoms. The van der Waals surface area contributed by atoms with E-state index >= 15 is 0 Å². The molecule has 122 valence electrons. The molecule has 0 rings (SSSR count). The average molecular weight is 408 g/mol. The fraction of sp³-hybridized carbons (Fsp3) is 0.714. The molecule has 0 aromatic rings. The van der Waals surface area contributed by atoms with Gasteiger partial charge in [-0.15, -0.1) is 0 Å². The third-order valence-electron chi connectivity index (χ3n) is 1.83. The molecule has 0 unspecified atom stereocenters. The van der Waals surface area contributed by atoms with Crippen LogP contribution in [0.25, 0.3) is 0 Å². The largest absolute Gasteiger partial charge is 4.00 e. The Bertz CT molecular complexity index is 203. The molecule has 0 fully saturated rings. The van der Waals surface area contributed by atoms with Crippen LogP contribution in [0, 0.1) is 13.8 Å². The summed E-state index contributed by atoms with van der Waals surface area (Å²) in [6.45, 7) is 10.1. The van der Waals surface area contributed by atoms with Crippen LogP contribution in [0.15, 0.2) is 0 Å². The van der Waals surface area contributed by atoms with E-state index in [1.165, 1.54) is 12.8 Å². The number of carbonyl (C=O) groups excluding carboxylic acids is 2. The van der Waals surface area contributed by atoms with Crippen molar-refractivity contribution >= 4 is 35.8 Å². The molecule has 0 aromatic carbocycles. The van der Waals surface area contributed by atoms with E-state index in [0.29, 0.717) is 0 Å². The van der Waals surface area contributed by atoms with Crippen LogP contribution in [0.2, 0.25) is 0 Å². The molecule has 21 heavy (non-hydrogen) atoms. The first-order valence-electron chi connectivity index (χ1n) is 6.70. The summed E-state index contributed by atoms with van der Waals surface area (Å²) in [4.78, 5) is 21.0. The Morgan fingerprint density at radius 3 is 1.43 bits per heavy atom. The first-order chi connectivity index (χ1) is 9.39. The molecule has 0 heterocycles. The summed E-state index contributed by atoms with van der Waals surface area (Å²) >= 11 is 0. The normalized spacial score (nSPS) is 8.67. The molecule has 7 heteroatoms. The fourth-order valence-electron chi connectivity index (χ4n) is 0.721. The maximum absolute atomic E-state index is 10.0. The van der Waals surface area contributed by atoms with E-state index in [-0.39, 0.29) is 37.1 Å². The Morgan fingerprint density at radius 2 is 1.29 bits per heavy atom. The van der Waals surface area contributed by atoms with Gasteiger partial charge in [0.25, 0.3) is 0 Å². The van der Waals surface area contributed by atoms with Crippen LogP contribution in [0.1, 0.15) is 39.5 Å². The van der Waals surface area contributed by atoms with Gasteiger partial charge in [0.2, 0.25) is 0 Å². The van der Waals surface area contributed by atoms with Crippen LogP contribution in [-0.4, -0.2) is 72.1 Å². The van der Waals surface area contributed by atoms with Gasteiger partial charge in [0, 0.05) is 19.6 Å². The molecule has 0 saturated carbocycles. The number of rotatable bonds is 8. The van der Waals surface area contributed by atoms with Crippen LogP contribution >= 0.6 is 0 Å². The van der Waals surface area contributed by atoms with Gasteiger partial charge in [-0.2, -0.15) is 12.8 Å². The molecule has 0 aromatic heterocycles. The summed E-state index contributed by atoms with van der Waals surface area (Å²) in [6, 6.07) is 0. The average Bonchev–Trinajstić information content (AvgIpc) is 2.38. The van der Waals surface area contributed by atoms with Crippen molar-refractivity contribution < 1.29 is 24.9 Å². The standard InChI is InChI=1S/C6H11NO5.2C4H9.Sn/c8-2-1-7(3-5(9)10)4-6(11)12;2*1-3-4-2;/h8H,1-4H2,(H,9,10)(H,11,12);2*1,3-4H2,2H3;/q;2*-1;+4/p-2. The number of aliphatic carboxylic acids is 2. The Kier molecular flexibility index (Phi) is 33.8. The van der Waals surface area contributed by atoms with Gasteiger partial charge in [-0.05, 0) is 0 Å². The van der Waals surface area contributed by atoms with Crippen molar-refractivity contribution in [2.24, 2.45) is 0 Å². The fourth-order valence-corrected chi connectivity index (χ4v) is 0.721. The summed E-state index contributed by atoms with van der Waals surface area (Å²) in [5.74, 6) is -2.77. The van der Waals surface area contributed by atoms with Crippen molar-refractivity contribution in [3.8, 4) is 0 Å². The predicted octanol–water partition coefficient (Wildman–Crippen LogP) is -1.36. The molecule has 0 aliphatic carbocycles. The quantitative estimate of drug-likeness (QED) is 0.393. The third-order valence-corrected chi connectivity index (χ3v) is 1.83. The third kappa shape index (κ3) is 38.3. The zero-order valence-electron chi connectivity index (χ0n) is 13.1. The molecule has 1 N–H and O–H groups in total. The minimum atomic E-state index is -1.38. The van der Waals surface area contributed by atoms with Crippen LogP contribution in [0.4, 0.5) is 0 Å². The van der Waals surface area contributed by atoms with Gasteiger partial charge in [-0.25, -0.2) is 0 Å². The van der Waals surface area contributed by atoms with Crippen molar-refractivity contribution in [1.29, 1.82) is 0 Å². The summed E-state index contributed by atoms with van der Waals surface area (Å²) in [5.41, 5.74) is 0. The van der Waals surface area contributed by atoms with Gasteiger partial charge in [0.05, 0.1) is 18.5 Å². The molecule has 0 saturated heterocycles. The van der Waals surface area contributed by atoms with Gasteiger partial charge in [0.15, 0.2) is 0 Å².